The van der Waals surface area contributed by atoms with E-state index in [1.54, 1.807) is 0 Å². The molecular weight excluding hydrogens is 1020 g/mol. The zero-order valence-electron chi connectivity index (χ0n) is 56.8. The third-order valence-electron chi connectivity index (χ3n) is 17.8. The van der Waals surface area contributed by atoms with E-state index in [2.05, 4.69) is 32.9 Å². The van der Waals surface area contributed by atoms with Gasteiger partial charge in [0, 0.05) is 19.3 Å². The maximum Gasteiger partial charge on any atom is 0.306 e. The Balaban J connectivity index is 3.91. The molecule has 0 radical (unpaired) electrons. The van der Waals surface area contributed by atoms with Gasteiger partial charge in [0.1, 0.15) is 13.2 Å². The van der Waals surface area contributed by atoms with Crippen molar-refractivity contribution in [2.24, 2.45) is 0 Å². The summed E-state index contributed by atoms with van der Waals surface area (Å²) in [6, 6.07) is 0. The van der Waals surface area contributed by atoms with Crippen LogP contribution in [0.2, 0.25) is 0 Å². The molecule has 0 amide bonds. The summed E-state index contributed by atoms with van der Waals surface area (Å²) < 4.78 is 16.9. The SMILES string of the molecule is CCCCCCCCCC/C=C\CCCCCCCCCCCCCCCCCCCC(=O)OC(COC(=O)CCCCCCCC)COC(=O)CCCCCCCCCCCCCCCCCCCCCCCCCCCCCCCC. The van der Waals surface area contributed by atoms with Crippen LogP contribution in [0, 0.1) is 0 Å². The van der Waals surface area contributed by atoms with E-state index in [0.717, 1.165) is 57.8 Å². The summed E-state index contributed by atoms with van der Waals surface area (Å²) in [5, 5.41) is 0. The van der Waals surface area contributed by atoms with Crippen molar-refractivity contribution >= 4 is 17.9 Å². The van der Waals surface area contributed by atoms with E-state index < -0.39 is 6.10 Å². The smallest absolute Gasteiger partial charge is 0.306 e. The minimum atomic E-state index is -0.764. The van der Waals surface area contributed by atoms with Crippen LogP contribution in [0.1, 0.15) is 445 Å². The number of hydrogen-bond acceptors (Lipinski definition) is 6. The molecule has 0 aromatic heterocycles. The van der Waals surface area contributed by atoms with Crippen LogP contribution in [0.15, 0.2) is 12.2 Å². The zero-order valence-corrected chi connectivity index (χ0v) is 56.8. The van der Waals surface area contributed by atoms with Crippen molar-refractivity contribution in [3.63, 3.8) is 0 Å². The van der Waals surface area contributed by atoms with Crippen molar-refractivity contribution in [3.05, 3.63) is 12.2 Å². The van der Waals surface area contributed by atoms with Crippen molar-refractivity contribution in [3.8, 4) is 0 Å². The van der Waals surface area contributed by atoms with Crippen molar-refractivity contribution in [2.45, 2.75) is 451 Å². The summed E-state index contributed by atoms with van der Waals surface area (Å²) in [5.74, 6) is -0.839. The Morgan fingerprint density at radius 1 is 0.229 bits per heavy atom. The fourth-order valence-electron chi connectivity index (χ4n) is 12.0. The molecule has 0 aliphatic heterocycles. The van der Waals surface area contributed by atoms with E-state index in [4.69, 9.17) is 14.2 Å². The minimum absolute atomic E-state index is 0.0631. The van der Waals surface area contributed by atoms with Crippen molar-refractivity contribution in [1.29, 1.82) is 0 Å². The van der Waals surface area contributed by atoms with Crippen LogP contribution in [0.4, 0.5) is 0 Å². The standard InChI is InChI=1S/C77H148O6/c1-4-7-10-13-16-18-20-22-24-26-28-30-32-34-36-38-40-41-43-45-47-49-51-53-55-57-59-61-64-67-70-76(79)82-73-74(72-81-75(78)69-66-63-15-12-9-6-3)83-77(80)71-68-65-62-60-58-56-54-52-50-48-46-44-42-39-37-35-33-31-29-27-25-23-21-19-17-14-11-8-5-2/h27,29,74H,4-26,28,30-73H2,1-3H3/b29-27-. The summed E-state index contributed by atoms with van der Waals surface area (Å²) >= 11 is 0. The molecule has 1 atom stereocenters. The van der Waals surface area contributed by atoms with E-state index in [-0.39, 0.29) is 31.1 Å². The van der Waals surface area contributed by atoms with Gasteiger partial charge in [-0.25, -0.2) is 0 Å². The molecule has 0 aromatic carbocycles. The molecule has 492 valence electrons. The van der Waals surface area contributed by atoms with E-state index in [1.165, 1.54) is 347 Å². The van der Waals surface area contributed by atoms with Crippen molar-refractivity contribution < 1.29 is 28.6 Å². The number of esters is 3. The van der Waals surface area contributed by atoms with E-state index >= 15 is 0 Å². The normalized spacial score (nSPS) is 12.0. The summed E-state index contributed by atoms with van der Waals surface area (Å²) in [4.78, 5) is 38.2. The van der Waals surface area contributed by atoms with Gasteiger partial charge in [0.05, 0.1) is 0 Å². The Bertz CT molecular complexity index is 1300. The molecular formula is C77H148O6. The molecule has 0 aliphatic rings. The summed E-state index contributed by atoms with van der Waals surface area (Å²) in [7, 11) is 0. The third-order valence-corrected chi connectivity index (χ3v) is 17.8. The quantitative estimate of drug-likeness (QED) is 0.0261. The van der Waals surface area contributed by atoms with Gasteiger partial charge in [-0.15, -0.1) is 0 Å². The van der Waals surface area contributed by atoms with Crippen LogP contribution in [0.5, 0.6) is 0 Å². The number of hydrogen-bond donors (Lipinski definition) is 0. The Morgan fingerprint density at radius 2 is 0.398 bits per heavy atom. The Kier molecular flexibility index (Phi) is 71.0. The zero-order chi connectivity index (χ0) is 59.9. The first kappa shape index (κ1) is 81.2. The molecule has 0 aliphatic carbocycles. The first-order valence-corrected chi connectivity index (χ1v) is 38.2. The Labute approximate surface area is 520 Å². The van der Waals surface area contributed by atoms with E-state index in [0.29, 0.717) is 19.3 Å². The number of ether oxygens (including phenoxy) is 3. The summed E-state index contributed by atoms with van der Waals surface area (Å²) in [6.45, 7) is 6.67. The highest BCUT2D eigenvalue weighted by molar-refractivity contribution is 5.71. The number of unbranched alkanes of at least 4 members (excludes halogenated alkanes) is 59. The van der Waals surface area contributed by atoms with Crippen LogP contribution < -0.4 is 0 Å². The average Bonchev–Trinajstić information content (AvgIpc) is 3.48. The fourth-order valence-corrected chi connectivity index (χ4v) is 12.0. The maximum absolute atomic E-state index is 12.9. The van der Waals surface area contributed by atoms with Crippen LogP contribution in [-0.2, 0) is 28.6 Å². The second kappa shape index (κ2) is 72.6. The number of carbonyl (C=O) groups excluding carboxylic acids is 3. The molecule has 6 nitrogen and oxygen atoms in total. The Hall–Kier alpha value is -1.85. The monoisotopic (exact) mass is 1170 g/mol. The lowest BCUT2D eigenvalue weighted by atomic mass is 10.0. The van der Waals surface area contributed by atoms with Crippen LogP contribution in [-0.4, -0.2) is 37.2 Å². The number of carbonyl (C=O) groups is 3. The first-order chi connectivity index (χ1) is 41.0. The molecule has 83 heavy (non-hydrogen) atoms. The average molecular weight is 1170 g/mol. The largest absolute Gasteiger partial charge is 0.462 e. The maximum atomic E-state index is 12.9. The van der Waals surface area contributed by atoms with Crippen LogP contribution in [0.3, 0.4) is 0 Å². The van der Waals surface area contributed by atoms with Crippen molar-refractivity contribution in [1.82, 2.24) is 0 Å². The van der Waals surface area contributed by atoms with Gasteiger partial charge in [0.25, 0.3) is 0 Å². The molecule has 1 unspecified atom stereocenters. The summed E-state index contributed by atoms with van der Waals surface area (Å²) in [6.07, 6.45) is 88.9. The van der Waals surface area contributed by atoms with Crippen molar-refractivity contribution in [2.75, 3.05) is 13.2 Å². The summed E-state index contributed by atoms with van der Waals surface area (Å²) in [5.41, 5.74) is 0. The van der Waals surface area contributed by atoms with Gasteiger partial charge in [0.15, 0.2) is 6.10 Å². The van der Waals surface area contributed by atoms with Gasteiger partial charge in [-0.3, -0.25) is 14.4 Å². The van der Waals surface area contributed by atoms with Gasteiger partial charge < -0.3 is 14.2 Å². The highest BCUT2D eigenvalue weighted by Crippen LogP contribution is 2.20. The molecule has 0 aromatic rings. The van der Waals surface area contributed by atoms with Gasteiger partial charge >= 0.3 is 17.9 Å². The third kappa shape index (κ3) is 70.8. The number of allylic oxidation sites excluding steroid dienone is 2. The van der Waals surface area contributed by atoms with Gasteiger partial charge in [-0.1, -0.05) is 392 Å². The van der Waals surface area contributed by atoms with E-state index in [1.807, 2.05) is 0 Å². The molecule has 0 rings (SSSR count). The molecule has 0 fully saturated rings. The molecule has 0 bridgehead atoms. The first-order valence-electron chi connectivity index (χ1n) is 38.2. The predicted molar refractivity (Wildman–Crippen MR) is 363 cm³/mol. The number of rotatable bonds is 72. The van der Waals surface area contributed by atoms with Gasteiger partial charge in [-0.05, 0) is 44.9 Å². The molecule has 0 spiro atoms. The second-order valence-electron chi connectivity index (χ2n) is 26.3. The molecule has 0 N–H and O–H groups in total. The second-order valence-corrected chi connectivity index (χ2v) is 26.3. The highest BCUT2D eigenvalue weighted by atomic mass is 16.6. The lowest BCUT2D eigenvalue weighted by molar-refractivity contribution is -0.167. The molecule has 0 heterocycles. The van der Waals surface area contributed by atoms with E-state index in [9.17, 15) is 14.4 Å². The van der Waals surface area contributed by atoms with Gasteiger partial charge in [-0.2, -0.15) is 0 Å². The molecule has 0 saturated heterocycles. The lowest BCUT2D eigenvalue weighted by Crippen LogP contribution is -2.30. The predicted octanol–water partition coefficient (Wildman–Crippen LogP) is 26.3. The van der Waals surface area contributed by atoms with Gasteiger partial charge in [0.2, 0.25) is 0 Å². The van der Waals surface area contributed by atoms with Crippen LogP contribution in [0.25, 0.3) is 0 Å². The molecule has 0 saturated carbocycles. The topological polar surface area (TPSA) is 78.9 Å². The highest BCUT2D eigenvalue weighted by Gasteiger charge is 2.20. The molecule has 6 heteroatoms. The minimum Gasteiger partial charge on any atom is -0.462 e. The fraction of sp³-hybridized carbons (Fsp3) is 0.935. The lowest BCUT2D eigenvalue weighted by Gasteiger charge is -2.18. The van der Waals surface area contributed by atoms with Crippen LogP contribution >= 0.6 is 0 Å². The Morgan fingerprint density at radius 3 is 0.602 bits per heavy atom.